The Kier molecular flexibility index (Phi) is 4.43. The van der Waals surface area contributed by atoms with Crippen LogP contribution >= 0.6 is 0 Å². The van der Waals surface area contributed by atoms with Gasteiger partial charge >= 0.3 is 0 Å². The Hall–Kier alpha value is -1.31. The summed E-state index contributed by atoms with van der Waals surface area (Å²) in [6, 6.07) is 0. The number of carbonyl (C=O) groups is 1. The van der Waals surface area contributed by atoms with Crippen molar-refractivity contribution in [1.82, 2.24) is 0 Å². The third kappa shape index (κ3) is 2.33. The number of hydrogen-bond donors (Lipinski definition) is 3. The third-order valence-electron chi connectivity index (χ3n) is 11.1. The number of aliphatic hydroxyl groups is 3. The van der Waals surface area contributed by atoms with Crippen LogP contribution in [0.15, 0.2) is 34.9 Å². The summed E-state index contributed by atoms with van der Waals surface area (Å²) in [6.45, 7) is 12.4. The van der Waals surface area contributed by atoms with E-state index in [0.717, 1.165) is 17.6 Å². The number of allylic oxidation sites excluding steroid dienone is 3. The summed E-state index contributed by atoms with van der Waals surface area (Å²) in [4.78, 5) is 12.2. The van der Waals surface area contributed by atoms with Crippen LogP contribution in [0.4, 0.5) is 0 Å². The first-order valence-corrected chi connectivity index (χ1v) is 12.9. The van der Waals surface area contributed by atoms with Crippen LogP contribution in [0.1, 0.15) is 67.2 Å². The highest BCUT2D eigenvalue weighted by Gasteiger charge is 2.76. The summed E-state index contributed by atoms with van der Waals surface area (Å²) in [5.41, 5.74) is -0.138. The largest absolute Gasteiger partial charge is 0.387 e. The summed E-state index contributed by atoms with van der Waals surface area (Å²) in [5.74, 6) is -1.18. The van der Waals surface area contributed by atoms with Gasteiger partial charge in [-0.25, -0.2) is 0 Å². The smallest absolute Gasteiger partial charge is 0.199 e. The zero-order valence-corrected chi connectivity index (χ0v) is 21.1. The lowest BCUT2D eigenvalue weighted by molar-refractivity contribution is -0.372. The molecule has 0 radical (unpaired) electrons. The Balaban J connectivity index is 1.58. The van der Waals surface area contributed by atoms with E-state index in [1.807, 2.05) is 20.8 Å². The summed E-state index contributed by atoms with van der Waals surface area (Å²) in [5, 5.41) is 34.5. The van der Waals surface area contributed by atoms with Crippen molar-refractivity contribution in [3.8, 4) is 0 Å². The van der Waals surface area contributed by atoms with Crippen LogP contribution in [-0.2, 0) is 14.3 Å². The molecule has 0 amide bonds. The molecule has 1 saturated carbocycles. The van der Waals surface area contributed by atoms with Crippen molar-refractivity contribution in [1.29, 1.82) is 0 Å². The summed E-state index contributed by atoms with van der Waals surface area (Å²) >= 11 is 0. The lowest BCUT2D eigenvalue weighted by atomic mass is 9.51. The Labute approximate surface area is 201 Å². The molecule has 3 fully saturated rings. The number of carbonyl (C=O) groups excluding carboxylic acids is 1. The molecule has 0 aromatic heterocycles. The van der Waals surface area contributed by atoms with Crippen LogP contribution in [0.2, 0.25) is 0 Å². The first kappa shape index (κ1) is 23.1. The normalized spacial score (nSPS) is 55.2. The fourth-order valence-corrected chi connectivity index (χ4v) is 8.67. The fourth-order valence-electron chi connectivity index (χ4n) is 8.67. The second-order valence-corrected chi connectivity index (χ2v) is 12.8. The van der Waals surface area contributed by atoms with Gasteiger partial charge in [0.05, 0.1) is 5.60 Å². The third-order valence-corrected chi connectivity index (χ3v) is 11.1. The summed E-state index contributed by atoms with van der Waals surface area (Å²) in [6.07, 6.45) is 5.32. The predicted molar refractivity (Wildman–Crippen MR) is 125 cm³/mol. The minimum Gasteiger partial charge on any atom is -0.387 e. The van der Waals surface area contributed by atoms with Gasteiger partial charge in [-0.05, 0) is 61.8 Å². The minimum atomic E-state index is -1.18. The van der Waals surface area contributed by atoms with E-state index in [0.29, 0.717) is 24.8 Å². The molecule has 34 heavy (non-hydrogen) atoms. The van der Waals surface area contributed by atoms with Crippen molar-refractivity contribution < 1.29 is 29.6 Å². The van der Waals surface area contributed by atoms with Crippen LogP contribution in [0.5, 0.6) is 0 Å². The summed E-state index contributed by atoms with van der Waals surface area (Å²) < 4.78 is 13.8. The van der Waals surface area contributed by atoms with E-state index < -0.39 is 46.1 Å². The number of hydrogen-bond acceptors (Lipinski definition) is 6. The predicted octanol–water partition coefficient (Wildman–Crippen LogP) is 3.21. The molecule has 0 aromatic carbocycles. The molecule has 0 aromatic rings. The zero-order chi connectivity index (χ0) is 24.6. The van der Waals surface area contributed by atoms with E-state index in [2.05, 4.69) is 32.9 Å². The number of fused-ring (bicyclic) bond motifs is 2. The minimum absolute atomic E-state index is 0.00751. The highest BCUT2D eigenvalue weighted by molar-refractivity contribution is 5.92. The molecule has 2 aliphatic heterocycles. The highest BCUT2D eigenvalue weighted by atomic mass is 16.7. The van der Waals surface area contributed by atoms with Gasteiger partial charge in [-0.3, -0.25) is 4.79 Å². The highest BCUT2D eigenvalue weighted by Crippen LogP contribution is 2.72. The first-order valence-electron chi connectivity index (χ1n) is 12.9. The van der Waals surface area contributed by atoms with Crippen LogP contribution in [-0.4, -0.2) is 56.4 Å². The van der Waals surface area contributed by atoms with Gasteiger partial charge in [0.25, 0.3) is 0 Å². The fraction of sp³-hybridized carbons (Fsp3) is 0.750. The first-order chi connectivity index (χ1) is 15.8. The van der Waals surface area contributed by atoms with E-state index in [-0.39, 0.29) is 23.5 Å². The van der Waals surface area contributed by atoms with Gasteiger partial charge in [0.2, 0.25) is 0 Å². The van der Waals surface area contributed by atoms with Crippen molar-refractivity contribution in [3.05, 3.63) is 34.9 Å². The van der Waals surface area contributed by atoms with E-state index in [1.165, 1.54) is 6.08 Å². The molecule has 6 rings (SSSR count). The van der Waals surface area contributed by atoms with Crippen LogP contribution in [0, 0.1) is 28.6 Å². The molecule has 186 valence electrons. The van der Waals surface area contributed by atoms with Gasteiger partial charge in [0.15, 0.2) is 11.6 Å². The lowest BCUT2D eigenvalue weighted by Crippen LogP contribution is -2.69. The van der Waals surface area contributed by atoms with Gasteiger partial charge in [-0.2, -0.15) is 0 Å². The van der Waals surface area contributed by atoms with E-state index in [1.54, 1.807) is 0 Å². The molecule has 6 heteroatoms. The maximum absolute atomic E-state index is 12.2. The zero-order valence-electron chi connectivity index (χ0n) is 21.1. The van der Waals surface area contributed by atoms with Gasteiger partial charge in [0.1, 0.15) is 23.9 Å². The van der Waals surface area contributed by atoms with Crippen molar-refractivity contribution in [2.75, 3.05) is 0 Å². The topological polar surface area (TPSA) is 96.2 Å². The molecule has 0 unspecified atom stereocenters. The Morgan fingerprint density at radius 2 is 1.68 bits per heavy atom. The molecule has 6 aliphatic rings. The lowest BCUT2D eigenvalue weighted by Gasteiger charge is -2.63. The van der Waals surface area contributed by atoms with Crippen molar-refractivity contribution in [3.63, 3.8) is 0 Å². The quantitative estimate of drug-likeness (QED) is 0.503. The number of aliphatic hydroxyl groups excluding tert-OH is 3. The van der Waals surface area contributed by atoms with Crippen molar-refractivity contribution >= 4 is 5.78 Å². The van der Waals surface area contributed by atoms with E-state index in [9.17, 15) is 20.1 Å². The van der Waals surface area contributed by atoms with Crippen LogP contribution in [0.3, 0.4) is 0 Å². The molecule has 4 aliphatic carbocycles. The van der Waals surface area contributed by atoms with Crippen molar-refractivity contribution in [2.45, 2.75) is 103 Å². The monoisotopic (exact) mass is 470 g/mol. The van der Waals surface area contributed by atoms with Gasteiger partial charge in [-0.15, -0.1) is 0 Å². The Morgan fingerprint density at radius 3 is 2.32 bits per heavy atom. The SMILES string of the molecule is C[C@H]1[C@@H](O)[C@@]2(OC1(C)C)O[C@]13CC[C@H]([C@@H]2C)[C@@]1(C)C=CC1=C3[C@H](O)[C@H](O)C2=CC(=O)CC[C@@]21C. The van der Waals surface area contributed by atoms with E-state index in [4.69, 9.17) is 9.47 Å². The standard InChI is InChI=1S/C28H38O6/c1-14-17-9-12-27(34-28(14)23(32)15(2)24(3,4)33-28)20-18(8-11-26(17,27)6)25(5)10-7-16(29)13-19(25)21(30)22(20)31/h8,11,13-15,17,21-23,30-32H,7,9-10,12H2,1-6H3/t14-,15-,17+,21+,22-,23+,25+,26+,27-,28-/m0/s1. The van der Waals surface area contributed by atoms with Crippen molar-refractivity contribution in [2.24, 2.45) is 28.6 Å². The van der Waals surface area contributed by atoms with Gasteiger partial charge in [0, 0.05) is 29.1 Å². The maximum Gasteiger partial charge on any atom is 0.199 e. The average molecular weight is 471 g/mol. The Bertz CT molecular complexity index is 1070. The molecule has 2 heterocycles. The van der Waals surface area contributed by atoms with E-state index >= 15 is 0 Å². The molecule has 2 saturated heterocycles. The molecule has 1 spiro atoms. The second-order valence-electron chi connectivity index (χ2n) is 12.8. The van der Waals surface area contributed by atoms with Crippen LogP contribution < -0.4 is 0 Å². The Morgan fingerprint density at radius 1 is 0.971 bits per heavy atom. The molecule has 6 nitrogen and oxygen atoms in total. The molecule has 10 atom stereocenters. The molecule has 3 N–H and O–H groups in total. The van der Waals surface area contributed by atoms with Gasteiger partial charge in [-0.1, -0.05) is 39.8 Å². The maximum atomic E-state index is 12.2. The number of ketones is 1. The van der Waals surface area contributed by atoms with Gasteiger partial charge < -0.3 is 24.8 Å². The van der Waals surface area contributed by atoms with Crippen LogP contribution in [0.25, 0.3) is 0 Å². The molecular formula is C28H38O6. The summed E-state index contributed by atoms with van der Waals surface area (Å²) in [7, 11) is 0. The molecule has 2 bridgehead atoms. The average Bonchev–Trinajstić information content (AvgIpc) is 3.10. The second kappa shape index (κ2) is 6.51. The molecular weight excluding hydrogens is 432 g/mol. The number of rotatable bonds is 0. The number of ether oxygens (including phenoxy) is 2.